The Morgan fingerprint density at radius 2 is 1.85 bits per heavy atom. The summed E-state index contributed by atoms with van der Waals surface area (Å²) in [4.78, 5) is 38.5. The second kappa shape index (κ2) is 9.68. The van der Waals surface area contributed by atoms with Crippen molar-refractivity contribution in [3.8, 4) is 5.75 Å². The molecule has 2 aromatic rings. The van der Waals surface area contributed by atoms with Crippen LogP contribution in [0.15, 0.2) is 36.0 Å². The third kappa shape index (κ3) is 4.60. The minimum atomic E-state index is -0.724. The maximum absolute atomic E-state index is 13.2. The number of nitrogens with zero attached hydrogens (tertiary/aromatic N) is 4. The van der Waals surface area contributed by atoms with E-state index in [2.05, 4.69) is 14.9 Å². The van der Waals surface area contributed by atoms with Gasteiger partial charge in [0, 0.05) is 32.4 Å². The molecule has 2 fully saturated rings. The fraction of sp³-hybridized carbons (Fsp3) is 0.417. The van der Waals surface area contributed by atoms with Crippen LogP contribution in [0.4, 0.5) is 0 Å². The normalized spacial score (nSPS) is 20.9. The molecule has 3 heterocycles. The molecule has 1 aromatic heterocycles. The van der Waals surface area contributed by atoms with Crippen molar-refractivity contribution in [1.29, 1.82) is 0 Å². The number of aliphatic hydroxyl groups excluding tert-OH is 1. The van der Waals surface area contributed by atoms with Crippen LogP contribution in [0.2, 0.25) is 0 Å². The molecule has 1 aromatic carbocycles. The zero-order chi connectivity index (χ0) is 23.5. The number of methoxy groups -OCH3 is 1. The van der Waals surface area contributed by atoms with Crippen molar-refractivity contribution in [2.45, 2.75) is 19.9 Å². The van der Waals surface area contributed by atoms with Crippen molar-refractivity contribution in [2.75, 3.05) is 46.5 Å². The summed E-state index contributed by atoms with van der Waals surface area (Å²) in [7, 11) is 1.57. The quantitative estimate of drug-likeness (QED) is 0.402. The smallest absolute Gasteiger partial charge is 0.295 e. The van der Waals surface area contributed by atoms with Gasteiger partial charge in [-0.2, -0.15) is 0 Å². The second-order valence-electron chi connectivity index (χ2n) is 8.14. The number of amides is 1. The average Bonchev–Trinajstić information content (AvgIpc) is 3.08. The first kappa shape index (κ1) is 22.9. The van der Waals surface area contributed by atoms with Gasteiger partial charge in [-0.25, -0.2) is 9.97 Å². The minimum Gasteiger partial charge on any atom is -0.507 e. The maximum Gasteiger partial charge on any atom is 0.295 e. The molecule has 2 saturated heterocycles. The summed E-state index contributed by atoms with van der Waals surface area (Å²) >= 11 is 0. The number of rotatable bonds is 6. The zero-order valence-electron chi connectivity index (χ0n) is 19.1. The first-order valence-electron chi connectivity index (χ1n) is 10.9. The molecule has 1 atom stereocenters. The number of hydrogen-bond acceptors (Lipinski definition) is 8. The monoisotopic (exact) mass is 452 g/mol. The molecule has 9 nitrogen and oxygen atoms in total. The lowest BCUT2D eigenvalue weighted by molar-refractivity contribution is -0.140. The highest BCUT2D eigenvalue weighted by atomic mass is 16.5. The van der Waals surface area contributed by atoms with Crippen LogP contribution in [0.25, 0.3) is 5.76 Å². The number of aryl methyl sites for hydroxylation is 2. The zero-order valence-corrected chi connectivity index (χ0v) is 19.1. The molecular formula is C24H28N4O5. The van der Waals surface area contributed by atoms with Crippen molar-refractivity contribution in [1.82, 2.24) is 19.8 Å². The van der Waals surface area contributed by atoms with Crippen molar-refractivity contribution in [3.63, 3.8) is 0 Å². The first-order valence-corrected chi connectivity index (χ1v) is 10.9. The van der Waals surface area contributed by atoms with Crippen molar-refractivity contribution in [2.24, 2.45) is 0 Å². The summed E-state index contributed by atoms with van der Waals surface area (Å²) < 4.78 is 10.7. The SMILES string of the molecule is COc1ccc(C2C(=C(O)c3cnc(C)nc3C)C(=O)C(=O)N2CCN2CCOCC2)cc1. The molecule has 9 heteroatoms. The van der Waals surface area contributed by atoms with E-state index >= 15 is 0 Å². The molecule has 0 spiro atoms. The second-order valence-corrected chi connectivity index (χ2v) is 8.14. The molecule has 4 rings (SSSR count). The van der Waals surface area contributed by atoms with E-state index < -0.39 is 17.7 Å². The van der Waals surface area contributed by atoms with Gasteiger partial charge in [-0.15, -0.1) is 0 Å². The Labute approximate surface area is 192 Å². The van der Waals surface area contributed by atoms with Gasteiger partial charge in [0.2, 0.25) is 0 Å². The summed E-state index contributed by atoms with van der Waals surface area (Å²) in [6.45, 7) is 7.28. The predicted octanol–water partition coefficient (Wildman–Crippen LogP) is 1.86. The third-order valence-electron chi connectivity index (χ3n) is 6.09. The lowest BCUT2D eigenvalue weighted by atomic mass is 9.95. The molecule has 174 valence electrons. The highest BCUT2D eigenvalue weighted by Crippen LogP contribution is 2.40. The van der Waals surface area contributed by atoms with Crippen molar-refractivity contribution >= 4 is 17.4 Å². The van der Waals surface area contributed by atoms with Gasteiger partial charge >= 0.3 is 0 Å². The Kier molecular flexibility index (Phi) is 6.71. The highest BCUT2D eigenvalue weighted by molar-refractivity contribution is 6.46. The van der Waals surface area contributed by atoms with Gasteiger partial charge in [0.05, 0.1) is 43.2 Å². The average molecular weight is 453 g/mol. The number of aromatic nitrogens is 2. The van der Waals surface area contributed by atoms with Crippen LogP contribution in [0.5, 0.6) is 5.75 Å². The first-order chi connectivity index (χ1) is 15.9. The van der Waals surface area contributed by atoms with Crippen LogP contribution in [-0.4, -0.2) is 83.1 Å². The predicted molar refractivity (Wildman–Crippen MR) is 121 cm³/mol. The van der Waals surface area contributed by atoms with E-state index in [4.69, 9.17) is 9.47 Å². The Morgan fingerprint density at radius 3 is 2.48 bits per heavy atom. The molecule has 1 N–H and O–H groups in total. The van der Waals surface area contributed by atoms with E-state index in [1.165, 1.54) is 11.1 Å². The Hall–Kier alpha value is -3.30. The van der Waals surface area contributed by atoms with E-state index in [1.807, 2.05) is 12.1 Å². The fourth-order valence-corrected chi connectivity index (χ4v) is 4.28. The number of likely N-dealkylation sites (tertiary alicyclic amines) is 1. The molecule has 2 aliphatic heterocycles. The number of Topliss-reactive ketones (excluding diaryl/α,β-unsaturated/α-hetero) is 1. The standard InChI is InChI=1S/C24H28N4O5/c1-15-19(14-25-16(2)26-15)22(29)20-21(17-4-6-18(32-3)7-5-17)28(24(31)23(20)30)9-8-27-10-12-33-13-11-27/h4-7,14,21,29H,8-13H2,1-3H3. The molecule has 2 aliphatic rings. The molecule has 0 bridgehead atoms. The lowest BCUT2D eigenvalue weighted by Gasteiger charge is -2.31. The van der Waals surface area contributed by atoms with Gasteiger partial charge in [0.15, 0.2) is 0 Å². The van der Waals surface area contributed by atoms with Gasteiger partial charge in [-0.3, -0.25) is 14.5 Å². The molecule has 1 unspecified atom stereocenters. The van der Waals surface area contributed by atoms with Crippen molar-refractivity contribution in [3.05, 3.63) is 58.7 Å². The highest BCUT2D eigenvalue weighted by Gasteiger charge is 2.46. The summed E-state index contributed by atoms with van der Waals surface area (Å²) in [5.41, 5.74) is 1.63. The van der Waals surface area contributed by atoms with E-state index in [-0.39, 0.29) is 11.3 Å². The Bertz CT molecular complexity index is 1080. The number of carbonyl (C=O) groups is 2. The van der Waals surface area contributed by atoms with E-state index in [9.17, 15) is 14.7 Å². The number of morpholine rings is 1. The van der Waals surface area contributed by atoms with E-state index in [0.717, 1.165) is 13.1 Å². The number of carbonyl (C=O) groups excluding carboxylic acids is 2. The topological polar surface area (TPSA) is 105 Å². The van der Waals surface area contributed by atoms with Gasteiger partial charge in [0.1, 0.15) is 17.3 Å². The van der Waals surface area contributed by atoms with Gasteiger partial charge in [-0.05, 0) is 31.5 Å². The fourth-order valence-electron chi connectivity index (χ4n) is 4.28. The van der Waals surface area contributed by atoms with Crippen molar-refractivity contribution < 1.29 is 24.2 Å². The van der Waals surface area contributed by atoms with Gasteiger partial charge in [0.25, 0.3) is 11.7 Å². The van der Waals surface area contributed by atoms with Crippen LogP contribution >= 0.6 is 0 Å². The van der Waals surface area contributed by atoms with Crippen LogP contribution in [0, 0.1) is 13.8 Å². The number of hydrogen-bond donors (Lipinski definition) is 1. The number of aliphatic hydroxyl groups is 1. The Morgan fingerprint density at radius 1 is 1.15 bits per heavy atom. The Balaban J connectivity index is 1.75. The van der Waals surface area contributed by atoms with Crippen LogP contribution in [0.1, 0.15) is 28.7 Å². The molecule has 0 saturated carbocycles. The van der Waals surface area contributed by atoms with Crippen LogP contribution in [-0.2, 0) is 14.3 Å². The minimum absolute atomic E-state index is 0.0442. The molecule has 33 heavy (non-hydrogen) atoms. The van der Waals surface area contributed by atoms with Crippen LogP contribution in [0.3, 0.4) is 0 Å². The third-order valence-corrected chi connectivity index (χ3v) is 6.09. The lowest BCUT2D eigenvalue weighted by Crippen LogP contribution is -2.42. The maximum atomic E-state index is 13.2. The molecule has 0 radical (unpaired) electrons. The summed E-state index contributed by atoms with van der Waals surface area (Å²) in [5, 5.41) is 11.2. The van der Waals surface area contributed by atoms with Crippen LogP contribution < -0.4 is 4.74 Å². The molecule has 1 amide bonds. The van der Waals surface area contributed by atoms with E-state index in [1.54, 1.807) is 33.1 Å². The number of ketones is 1. The summed E-state index contributed by atoms with van der Waals surface area (Å²) in [6, 6.07) is 6.44. The van der Waals surface area contributed by atoms with Gasteiger partial charge < -0.3 is 19.5 Å². The number of ether oxygens (including phenoxy) is 2. The summed E-state index contributed by atoms with van der Waals surface area (Å²) in [5.74, 6) is -0.388. The van der Waals surface area contributed by atoms with Gasteiger partial charge in [-0.1, -0.05) is 12.1 Å². The van der Waals surface area contributed by atoms with E-state index in [0.29, 0.717) is 54.7 Å². The summed E-state index contributed by atoms with van der Waals surface area (Å²) in [6.07, 6.45) is 1.49. The largest absolute Gasteiger partial charge is 0.507 e. The molecular weight excluding hydrogens is 424 g/mol. The molecule has 0 aliphatic carbocycles. The number of benzene rings is 1.